The topological polar surface area (TPSA) is 74.1 Å². The Bertz CT molecular complexity index is 1130. The van der Waals surface area contributed by atoms with Crippen LogP contribution in [0.3, 0.4) is 0 Å². The largest absolute Gasteiger partial charge is 0.406 e. The number of piperidine rings is 1. The zero-order valence-electron chi connectivity index (χ0n) is 20.6. The number of carbonyl (C=O) groups is 1. The minimum absolute atomic E-state index is 0.0425. The van der Waals surface area contributed by atoms with E-state index in [1.807, 2.05) is 6.07 Å². The number of aliphatic imine (C=N–C) groups is 1. The molecule has 5 rings (SSSR count). The molecule has 2 N–H and O–H groups in total. The van der Waals surface area contributed by atoms with Gasteiger partial charge in [0.05, 0.1) is 17.8 Å². The van der Waals surface area contributed by atoms with Gasteiger partial charge in [-0.15, -0.1) is 5.06 Å². The minimum Gasteiger partial charge on any atom is -0.386 e. The fraction of sp³-hybridized carbons (Fsp3) is 0.600. The summed E-state index contributed by atoms with van der Waals surface area (Å²) < 4.78 is 42.2. The average molecular weight is 507 g/mol. The molecule has 1 amide bonds. The van der Waals surface area contributed by atoms with Crippen LogP contribution < -0.4 is 10.6 Å². The first-order valence-corrected chi connectivity index (χ1v) is 12.6. The number of nitrogens with one attached hydrogen (secondary N) is 2. The van der Waals surface area contributed by atoms with Crippen molar-refractivity contribution < 1.29 is 22.8 Å². The van der Waals surface area contributed by atoms with Crippen molar-refractivity contribution in [1.82, 2.24) is 19.8 Å². The lowest BCUT2D eigenvalue weighted by Crippen LogP contribution is -2.38. The Balaban J connectivity index is 1.43. The maximum Gasteiger partial charge on any atom is 0.406 e. The molecule has 1 unspecified atom stereocenters. The molecule has 1 atom stereocenters. The highest BCUT2D eigenvalue weighted by Crippen LogP contribution is 2.37. The summed E-state index contributed by atoms with van der Waals surface area (Å²) in [7, 11) is 1.64. The molecule has 3 aliphatic rings. The number of alkyl halides is 3. The van der Waals surface area contributed by atoms with Crippen LogP contribution in [0.1, 0.15) is 44.5 Å². The standard InChI is InChI=1S/C25H33F3N6O2/c1-3-33-11-9-17(10-12-33)30-19-5-4-6-20-18(19)13-21(34(20)15-25(26,27)28)23-31-22(36-32(23)2)14-29-24(35)16-7-8-16/h4-6,13,16-17,23,30H,3,7-12,14-15H2,1-2H3,(H,29,35). The zero-order valence-corrected chi connectivity index (χ0v) is 20.6. The Morgan fingerprint density at radius 1 is 1.19 bits per heavy atom. The highest BCUT2D eigenvalue weighted by Gasteiger charge is 2.36. The number of hydrogen-bond donors (Lipinski definition) is 2. The third-order valence-electron chi connectivity index (χ3n) is 7.20. The summed E-state index contributed by atoms with van der Waals surface area (Å²) in [5.74, 6) is 0.287. The summed E-state index contributed by atoms with van der Waals surface area (Å²) >= 11 is 0. The van der Waals surface area contributed by atoms with Crippen molar-refractivity contribution in [2.45, 2.75) is 57.5 Å². The minimum atomic E-state index is -4.40. The van der Waals surface area contributed by atoms with E-state index in [0.717, 1.165) is 56.4 Å². The monoisotopic (exact) mass is 506 g/mol. The number of nitrogens with zero attached hydrogens (tertiary/aromatic N) is 4. The normalized spacial score (nSPS) is 22.0. The van der Waals surface area contributed by atoms with Crippen molar-refractivity contribution in [2.24, 2.45) is 10.9 Å². The van der Waals surface area contributed by atoms with E-state index in [-0.39, 0.29) is 30.3 Å². The summed E-state index contributed by atoms with van der Waals surface area (Å²) in [6.07, 6.45) is -1.42. The molecule has 1 aliphatic carbocycles. The van der Waals surface area contributed by atoms with E-state index >= 15 is 0 Å². The molecule has 11 heteroatoms. The van der Waals surface area contributed by atoms with E-state index in [4.69, 9.17) is 4.84 Å². The first kappa shape index (κ1) is 24.9. The van der Waals surface area contributed by atoms with Crippen LogP contribution in [0.5, 0.6) is 0 Å². The van der Waals surface area contributed by atoms with Crippen molar-refractivity contribution in [1.29, 1.82) is 0 Å². The molecular weight excluding hydrogens is 473 g/mol. The Labute approximate surface area is 208 Å². The van der Waals surface area contributed by atoms with Crippen LogP contribution in [0, 0.1) is 5.92 Å². The van der Waals surface area contributed by atoms with Crippen molar-refractivity contribution in [3.05, 3.63) is 30.0 Å². The number of hydroxylamine groups is 2. The molecule has 0 radical (unpaired) electrons. The van der Waals surface area contributed by atoms with Gasteiger partial charge in [0, 0.05) is 43.2 Å². The van der Waals surface area contributed by atoms with Crippen LogP contribution in [0.15, 0.2) is 29.3 Å². The van der Waals surface area contributed by atoms with Gasteiger partial charge in [-0.05, 0) is 50.4 Å². The number of rotatable bonds is 8. The summed E-state index contributed by atoms with van der Waals surface area (Å²) in [6.45, 7) is 4.16. The maximum atomic E-state index is 13.7. The quantitative estimate of drug-likeness (QED) is 0.568. The Morgan fingerprint density at radius 2 is 1.94 bits per heavy atom. The zero-order chi connectivity index (χ0) is 25.4. The number of amides is 1. The number of anilines is 1. The van der Waals surface area contributed by atoms with Gasteiger partial charge in [0.25, 0.3) is 0 Å². The van der Waals surface area contributed by atoms with Crippen molar-refractivity contribution in [3.63, 3.8) is 0 Å². The fourth-order valence-electron chi connectivity index (χ4n) is 5.05. The van der Waals surface area contributed by atoms with E-state index in [9.17, 15) is 18.0 Å². The van der Waals surface area contributed by atoms with Gasteiger partial charge < -0.3 is 24.9 Å². The number of halogens is 3. The van der Waals surface area contributed by atoms with Crippen molar-refractivity contribution in [3.8, 4) is 0 Å². The van der Waals surface area contributed by atoms with Crippen LogP contribution >= 0.6 is 0 Å². The van der Waals surface area contributed by atoms with Gasteiger partial charge in [-0.3, -0.25) is 4.79 Å². The Hall–Kier alpha value is -2.79. The molecule has 8 nitrogen and oxygen atoms in total. The molecule has 1 saturated heterocycles. The molecule has 2 fully saturated rings. The summed E-state index contributed by atoms with van der Waals surface area (Å²) in [5.41, 5.74) is 1.72. The van der Waals surface area contributed by atoms with Gasteiger partial charge in [-0.1, -0.05) is 13.0 Å². The predicted molar refractivity (Wildman–Crippen MR) is 132 cm³/mol. The fourth-order valence-corrected chi connectivity index (χ4v) is 5.05. The number of carbonyl (C=O) groups excluding carboxylic acids is 1. The second-order valence-corrected chi connectivity index (χ2v) is 9.89. The molecule has 2 aromatic rings. The van der Waals surface area contributed by atoms with Crippen molar-refractivity contribution >= 4 is 28.4 Å². The average Bonchev–Trinajstić information content (AvgIpc) is 3.55. The van der Waals surface area contributed by atoms with Crippen LogP contribution in [-0.4, -0.2) is 71.8 Å². The molecule has 196 valence electrons. The summed E-state index contributed by atoms with van der Waals surface area (Å²) in [4.78, 5) is 24.6. The van der Waals surface area contributed by atoms with Crippen LogP contribution in [0.4, 0.5) is 18.9 Å². The molecule has 1 aromatic heterocycles. The van der Waals surface area contributed by atoms with Crippen LogP contribution in [-0.2, 0) is 16.2 Å². The maximum absolute atomic E-state index is 13.7. The Morgan fingerprint density at radius 3 is 2.61 bits per heavy atom. The number of likely N-dealkylation sites (tertiary alicyclic amines) is 1. The highest BCUT2D eigenvalue weighted by atomic mass is 19.4. The van der Waals surface area contributed by atoms with Gasteiger partial charge in [0.2, 0.25) is 11.8 Å². The van der Waals surface area contributed by atoms with Gasteiger partial charge in [0.1, 0.15) is 6.54 Å². The number of benzene rings is 1. The first-order valence-electron chi connectivity index (χ1n) is 12.6. The third-order valence-corrected chi connectivity index (χ3v) is 7.20. The van der Waals surface area contributed by atoms with E-state index in [1.165, 1.54) is 9.63 Å². The number of aromatic nitrogens is 1. The van der Waals surface area contributed by atoms with E-state index in [2.05, 4.69) is 27.4 Å². The summed E-state index contributed by atoms with van der Waals surface area (Å²) in [5, 5.41) is 8.55. The van der Waals surface area contributed by atoms with Crippen LogP contribution in [0.25, 0.3) is 10.9 Å². The second kappa shape index (κ2) is 9.93. The van der Waals surface area contributed by atoms with E-state index < -0.39 is 18.9 Å². The number of fused-ring (bicyclic) bond motifs is 1. The first-order chi connectivity index (χ1) is 17.2. The molecule has 2 aliphatic heterocycles. The lowest BCUT2D eigenvalue weighted by Gasteiger charge is -2.32. The highest BCUT2D eigenvalue weighted by molar-refractivity contribution is 5.94. The van der Waals surface area contributed by atoms with E-state index in [1.54, 1.807) is 25.2 Å². The SMILES string of the molecule is CCN1CCC(Nc2cccc3c2cc(C2N=C(CNC(=O)C4CC4)ON2C)n3CC(F)(F)F)CC1. The molecular formula is C25H33F3N6O2. The lowest BCUT2D eigenvalue weighted by atomic mass is 10.0. The molecule has 0 bridgehead atoms. The summed E-state index contributed by atoms with van der Waals surface area (Å²) in [6, 6.07) is 7.48. The van der Waals surface area contributed by atoms with Gasteiger partial charge in [-0.2, -0.15) is 13.2 Å². The third kappa shape index (κ3) is 5.46. The van der Waals surface area contributed by atoms with Gasteiger partial charge in [0.15, 0.2) is 6.17 Å². The Kier molecular flexibility index (Phi) is 6.86. The predicted octanol–water partition coefficient (Wildman–Crippen LogP) is 3.90. The molecule has 0 spiro atoms. The number of hydrogen-bond acceptors (Lipinski definition) is 6. The van der Waals surface area contributed by atoms with Crippen molar-refractivity contribution in [2.75, 3.05) is 38.5 Å². The van der Waals surface area contributed by atoms with Gasteiger partial charge >= 0.3 is 6.18 Å². The van der Waals surface area contributed by atoms with Gasteiger partial charge in [-0.25, -0.2) is 4.99 Å². The second-order valence-electron chi connectivity index (χ2n) is 9.89. The molecule has 1 aromatic carbocycles. The van der Waals surface area contributed by atoms with E-state index in [0.29, 0.717) is 11.2 Å². The molecule has 3 heterocycles. The lowest BCUT2D eigenvalue weighted by molar-refractivity contribution is -0.141. The molecule has 36 heavy (non-hydrogen) atoms. The molecule has 1 saturated carbocycles. The smallest absolute Gasteiger partial charge is 0.386 e. The van der Waals surface area contributed by atoms with Crippen LogP contribution in [0.2, 0.25) is 0 Å².